The number of carbonyl (C=O) groups is 2. The molecule has 8 nitrogen and oxygen atoms in total. The number of amides is 1. The Morgan fingerprint density at radius 1 is 0.800 bits per heavy atom. The van der Waals surface area contributed by atoms with Gasteiger partial charge in [-0.15, -0.1) is 0 Å². The number of likely N-dealkylation sites (tertiary alicyclic amines) is 1. The van der Waals surface area contributed by atoms with Crippen molar-refractivity contribution in [2.75, 3.05) is 27.4 Å². The SMILES string of the molecule is COCCCN1C(=O)C(=O)C(=C(O)c2ccc(OCc3ccc(C)cc3)cc2)[C@H]1c1ccc(OCc2ccccc2)c(OC)c1. The number of methoxy groups -OCH3 is 2. The largest absolute Gasteiger partial charge is 0.507 e. The van der Waals surface area contributed by atoms with Crippen LogP contribution in [0.1, 0.15) is 40.3 Å². The molecule has 0 bridgehead atoms. The zero-order valence-corrected chi connectivity index (χ0v) is 25.7. The zero-order valence-electron chi connectivity index (χ0n) is 25.7. The van der Waals surface area contributed by atoms with Crippen molar-refractivity contribution in [3.63, 3.8) is 0 Å². The number of benzene rings is 4. The predicted molar refractivity (Wildman–Crippen MR) is 171 cm³/mol. The average Bonchev–Trinajstić information content (AvgIpc) is 3.32. The molecular weight excluding hydrogens is 570 g/mol. The Kier molecular flexibility index (Phi) is 10.2. The number of nitrogens with zero attached hydrogens (tertiary/aromatic N) is 1. The van der Waals surface area contributed by atoms with Crippen molar-refractivity contribution in [2.45, 2.75) is 32.6 Å². The van der Waals surface area contributed by atoms with Crippen molar-refractivity contribution in [3.8, 4) is 17.2 Å². The van der Waals surface area contributed by atoms with Crippen molar-refractivity contribution < 1.29 is 33.6 Å². The van der Waals surface area contributed by atoms with E-state index in [1.807, 2.05) is 61.5 Å². The summed E-state index contributed by atoms with van der Waals surface area (Å²) in [6.45, 7) is 3.45. The molecule has 1 aliphatic heterocycles. The van der Waals surface area contributed by atoms with Crippen molar-refractivity contribution >= 4 is 17.4 Å². The third kappa shape index (κ3) is 7.36. The molecule has 1 fully saturated rings. The van der Waals surface area contributed by atoms with Gasteiger partial charge in [0, 0.05) is 25.8 Å². The van der Waals surface area contributed by atoms with Crippen LogP contribution in [0.2, 0.25) is 0 Å². The van der Waals surface area contributed by atoms with Crippen LogP contribution in [0.3, 0.4) is 0 Å². The van der Waals surface area contributed by atoms with E-state index in [2.05, 4.69) is 0 Å². The minimum absolute atomic E-state index is 0.00532. The zero-order chi connectivity index (χ0) is 31.8. The third-order valence-corrected chi connectivity index (χ3v) is 7.68. The van der Waals surface area contributed by atoms with Gasteiger partial charge >= 0.3 is 0 Å². The van der Waals surface area contributed by atoms with Crippen LogP contribution in [-0.2, 0) is 27.5 Å². The minimum Gasteiger partial charge on any atom is -0.507 e. The Bertz CT molecular complexity index is 1650. The van der Waals surface area contributed by atoms with Crippen molar-refractivity contribution in [1.29, 1.82) is 0 Å². The van der Waals surface area contributed by atoms with Gasteiger partial charge in [0.05, 0.1) is 18.7 Å². The number of aryl methyl sites for hydroxylation is 1. The maximum Gasteiger partial charge on any atom is 0.295 e. The number of hydrogen-bond donors (Lipinski definition) is 1. The Morgan fingerprint density at radius 3 is 2.18 bits per heavy atom. The molecule has 0 spiro atoms. The molecule has 1 amide bonds. The second-order valence-electron chi connectivity index (χ2n) is 10.8. The average molecular weight is 608 g/mol. The van der Waals surface area contributed by atoms with E-state index in [1.54, 1.807) is 49.6 Å². The van der Waals surface area contributed by atoms with Crippen LogP contribution in [0.5, 0.6) is 17.2 Å². The molecule has 0 aliphatic carbocycles. The van der Waals surface area contributed by atoms with Crippen LogP contribution in [0.4, 0.5) is 0 Å². The van der Waals surface area contributed by atoms with E-state index in [9.17, 15) is 14.7 Å². The summed E-state index contributed by atoms with van der Waals surface area (Å²) in [7, 11) is 3.12. The lowest BCUT2D eigenvalue weighted by Gasteiger charge is -2.26. The number of Topliss-reactive ketones (excluding diaryl/α,β-unsaturated/α-hetero) is 1. The molecule has 0 saturated carbocycles. The lowest BCUT2D eigenvalue weighted by Crippen LogP contribution is -2.31. The standard InChI is InChI=1S/C37H37NO7/c1-25-10-12-27(13-11-25)23-44-30-17-14-28(15-18-30)35(39)33-34(38(20-7-21-42-2)37(41)36(33)40)29-16-19-31(32(22-29)43-3)45-24-26-8-5-4-6-9-26/h4-6,8-19,22,34,39H,7,20-21,23-24H2,1-3H3/t34-/m1/s1. The first-order valence-electron chi connectivity index (χ1n) is 14.8. The Hall–Kier alpha value is -5.08. The maximum absolute atomic E-state index is 13.5. The van der Waals surface area contributed by atoms with Gasteiger partial charge in [0.1, 0.15) is 24.7 Å². The number of aliphatic hydroxyl groups excluding tert-OH is 1. The van der Waals surface area contributed by atoms with Gasteiger partial charge in [-0.25, -0.2) is 0 Å². The highest BCUT2D eigenvalue weighted by Crippen LogP contribution is 2.42. The molecule has 4 aromatic carbocycles. The third-order valence-electron chi connectivity index (χ3n) is 7.68. The van der Waals surface area contributed by atoms with Crippen molar-refractivity contribution in [1.82, 2.24) is 4.90 Å². The van der Waals surface area contributed by atoms with E-state index in [4.69, 9.17) is 18.9 Å². The normalized spacial score (nSPS) is 15.7. The molecular formula is C37H37NO7. The van der Waals surface area contributed by atoms with Gasteiger partial charge in [0.2, 0.25) is 0 Å². The fourth-order valence-corrected chi connectivity index (χ4v) is 5.26. The van der Waals surface area contributed by atoms with Gasteiger partial charge < -0.3 is 29.0 Å². The van der Waals surface area contributed by atoms with E-state index in [-0.39, 0.29) is 17.9 Å². The number of rotatable bonds is 13. The number of ether oxygens (including phenoxy) is 4. The molecule has 1 heterocycles. The molecule has 0 unspecified atom stereocenters. The molecule has 45 heavy (non-hydrogen) atoms. The van der Waals surface area contributed by atoms with Gasteiger partial charge in [0.25, 0.3) is 11.7 Å². The maximum atomic E-state index is 13.5. The molecule has 232 valence electrons. The number of carbonyl (C=O) groups excluding carboxylic acids is 2. The summed E-state index contributed by atoms with van der Waals surface area (Å²) in [6.07, 6.45) is 0.516. The highest BCUT2D eigenvalue weighted by molar-refractivity contribution is 6.46. The predicted octanol–water partition coefficient (Wildman–Crippen LogP) is 6.62. The first-order chi connectivity index (χ1) is 21.9. The van der Waals surface area contributed by atoms with Crippen LogP contribution in [-0.4, -0.2) is 49.1 Å². The smallest absolute Gasteiger partial charge is 0.295 e. The molecule has 1 N–H and O–H groups in total. The van der Waals surface area contributed by atoms with Gasteiger partial charge in [-0.1, -0.05) is 66.2 Å². The van der Waals surface area contributed by atoms with Crippen LogP contribution < -0.4 is 14.2 Å². The second-order valence-corrected chi connectivity index (χ2v) is 10.8. The Labute approximate surface area is 263 Å². The molecule has 1 aliphatic rings. The first kappa shape index (κ1) is 31.3. The summed E-state index contributed by atoms with van der Waals surface area (Å²) < 4.78 is 22.8. The summed E-state index contributed by atoms with van der Waals surface area (Å²) in [5.41, 5.74) is 4.22. The molecule has 0 radical (unpaired) electrons. The number of ketones is 1. The molecule has 0 aromatic heterocycles. The quantitative estimate of drug-likeness (QED) is 0.0790. The molecule has 8 heteroatoms. The molecule has 4 aromatic rings. The van der Waals surface area contributed by atoms with Gasteiger partial charge in [-0.3, -0.25) is 9.59 Å². The highest BCUT2D eigenvalue weighted by atomic mass is 16.5. The topological polar surface area (TPSA) is 94.5 Å². The van der Waals surface area contributed by atoms with E-state index >= 15 is 0 Å². The van der Waals surface area contributed by atoms with Gasteiger partial charge in [-0.05, 0) is 66.4 Å². The summed E-state index contributed by atoms with van der Waals surface area (Å²) in [5.74, 6) is -0.124. The minimum atomic E-state index is -0.837. The lowest BCUT2D eigenvalue weighted by molar-refractivity contribution is -0.140. The van der Waals surface area contributed by atoms with Crippen molar-refractivity contribution in [2.24, 2.45) is 0 Å². The van der Waals surface area contributed by atoms with E-state index < -0.39 is 17.7 Å². The van der Waals surface area contributed by atoms with E-state index in [0.29, 0.717) is 54.6 Å². The Balaban J connectivity index is 1.44. The summed E-state index contributed by atoms with van der Waals surface area (Å²) >= 11 is 0. The van der Waals surface area contributed by atoms with Crippen LogP contribution in [0.15, 0.2) is 103 Å². The van der Waals surface area contributed by atoms with Gasteiger partial charge in [0.15, 0.2) is 11.5 Å². The lowest BCUT2D eigenvalue weighted by atomic mass is 9.95. The van der Waals surface area contributed by atoms with Gasteiger partial charge in [-0.2, -0.15) is 0 Å². The number of aliphatic hydroxyl groups is 1. The van der Waals surface area contributed by atoms with E-state index in [1.165, 1.54) is 17.6 Å². The second kappa shape index (κ2) is 14.6. The van der Waals surface area contributed by atoms with Crippen molar-refractivity contribution in [3.05, 3.63) is 130 Å². The molecule has 1 saturated heterocycles. The van der Waals surface area contributed by atoms with Crippen LogP contribution in [0.25, 0.3) is 5.76 Å². The van der Waals surface area contributed by atoms with E-state index in [0.717, 1.165) is 11.1 Å². The molecule has 1 atom stereocenters. The fraction of sp³-hybridized carbons (Fsp3) is 0.243. The summed E-state index contributed by atoms with van der Waals surface area (Å²) in [5, 5.41) is 11.5. The molecule has 5 rings (SSSR count). The van der Waals surface area contributed by atoms with Crippen LogP contribution >= 0.6 is 0 Å². The fourth-order valence-electron chi connectivity index (χ4n) is 5.26. The monoisotopic (exact) mass is 607 g/mol. The number of hydrogen-bond acceptors (Lipinski definition) is 7. The summed E-state index contributed by atoms with van der Waals surface area (Å²) in [6, 6.07) is 29.1. The highest BCUT2D eigenvalue weighted by Gasteiger charge is 2.46. The summed E-state index contributed by atoms with van der Waals surface area (Å²) in [4.78, 5) is 28.3. The Morgan fingerprint density at radius 2 is 1.49 bits per heavy atom. The van der Waals surface area contributed by atoms with Crippen LogP contribution in [0, 0.1) is 6.92 Å². The first-order valence-corrected chi connectivity index (χ1v) is 14.8.